The smallest absolute Gasteiger partial charge is 0.227 e. The van der Waals surface area contributed by atoms with Crippen molar-refractivity contribution in [2.24, 2.45) is 11.7 Å². The van der Waals surface area contributed by atoms with Gasteiger partial charge in [0.05, 0.1) is 0 Å². The molecule has 0 spiro atoms. The van der Waals surface area contributed by atoms with Crippen molar-refractivity contribution in [1.82, 2.24) is 10.1 Å². The predicted octanol–water partition coefficient (Wildman–Crippen LogP) is 0.769. The van der Waals surface area contributed by atoms with Gasteiger partial charge in [0.1, 0.15) is 0 Å². The van der Waals surface area contributed by atoms with Crippen molar-refractivity contribution in [3.8, 4) is 0 Å². The summed E-state index contributed by atoms with van der Waals surface area (Å²) < 4.78 is 4.96. The third-order valence-corrected chi connectivity index (χ3v) is 1.46. The number of aromatic nitrogens is 2. The quantitative estimate of drug-likeness (QED) is 0.723. The van der Waals surface area contributed by atoms with Crippen LogP contribution in [0.4, 0.5) is 0 Å². The molecule has 0 atom stereocenters. The molecule has 0 saturated heterocycles. The molecule has 4 nitrogen and oxygen atoms in total. The first-order valence-corrected chi connectivity index (χ1v) is 4.24. The highest BCUT2D eigenvalue weighted by atomic mass is 16.5. The predicted molar refractivity (Wildman–Crippen MR) is 45.6 cm³/mol. The van der Waals surface area contributed by atoms with Gasteiger partial charge in [-0.1, -0.05) is 19.0 Å². The fraction of sp³-hybridized carbons (Fsp3) is 0.750. The second-order valence-corrected chi connectivity index (χ2v) is 3.24. The van der Waals surface area contributed by atoms with Crippen LogP contribution in [0.1, 0.15) is 25.6 Å². The van der Waals surface area contributed by atoms with E-state index in [9.17, 15) is 0 Å². The van der Waals surface area contributed by atoms with Gasteiger partial charge < -0.3 is 10.3 Å². The Morgan fingerprint density at radius 2 is 2.25 bits per heavy atom. The van der Waals surface area contributed by atoms with Crippen LogP contribution in [0.3, 0.4) is 0 Å². The van der Waals surface area contributed by atoms with Crippen LogP contribution in [0.15, 0.2) is 4.52 Å². The lowest BCUT2D eigenvalue weighted by atomic mass is 10.1. The summed E-state index contributed by atoms with van der Waals surface area (Å²) in [6.07, 6.45) is 1.54. The van der Waals surface area contributed by atoms with Crippen molar-refractivity contribution >= 4 is 0 Å². The van der Waals surface area contributed by atoms with Crippen LogP contribution in [0, 0.1) is 5.92 Å². The summed E-state index contributed by atoms with van der Waals surface area (Å²) in [7, 11) is 0. The number of nitrogens with zero attached hydrogens (tertiary/aromatic N) is 2. The van der Waals surface area contributed by atoms with Gasteiger partial charge in [-0.15, -0.1) is 0 Å². The maximum atomic E-state index is 5.34. The zero-order valence-electron chi connectivity index (χ0n) is 7.58. The van der Waals surface area contributed by atoms with Gasteiger partial charge in [-0.2, -0.15) is 4.98 Å². The molecule has 0 saturated carbocycles. The minimum Gasteiger partial charge on any atom is -0.339 e. The van der Waals surface area contributed by atoms with Crippen LogP contribution in [0.2, 0.25) is 0 Å². The van der Waals surface area contributed by atoms with E-state index < -0.39 is 0 Å². The van der Waals surface area contributed by atoms with Crippen LogP contribution in [-0.2, 0) is 12.8 Å². The highest BCUT2D eigenvalue weighted by Crippen LogP contribution is 2.04. The lowest BCUT2D eigenvalue weighted by molar-refractivity contribution is 0.372. The lowest BCUT2D eigenvalue weighted by Crippen LogP contribution is -2.03. The van der Waals surface area contributed by atoms with Gasteiger partial charge >= 0.3 is 0 Å². The average molecular weight is 169 g/mol. The molecule has 12 heavy (non-hydrogen) atoms. The van der Waals surface area contributed by atoms with E-state index in [1.807, 2.05) is 0 Å². The second-order valence-electron chi connectivity index (χ2n) is 3.24. The molecule has 0 aliphatic rings. The Bertz CT molecular complexity index is 232. The van der Waals surface area contributed by atoms with Crippen molar-refractivity contribution < 1.29 is 4.52 Å². The molecule has 1 heterocycles. The zero-order valence-corrected chi connectivity index (χ0v) is 7.58. The Morgan fingerprint density at radius 1 is 1.50 bits per heavy atom. The molecule has 4 heteroatoms. The summed E-state index contributed by atoms with van der Waals surface area (Å²) in [5.41, 5.74) is 5.34. The lowest BCUT2D eigenvalue weighted by Gasteiger charge is -1.95. The Labute approximate surface area is 72.1 Å². The summed E-state index contributed by atoms with van der Waals surface area (Å²) >= 11 is 0. The van der Waals surface area contributed by atoms with Crippen LogP contribution in [0.5, 0.6) is 0 Å². The van der Waals surface area contributed by atoms with Crippen molar-refractivity contribution in [2.75, 3.05) is 6.54 Å². The highest BCUT2D eigenvalue weighted by Gasteiger charge is 2.06. The summed E-state index contributed by atoms with van der Waals surface area (Å²) in [6, 6.07) is 0. The normalized spacial score (nSPS) is 11.0. The van der Waals surface area contributed by atoms with Crippen molar-refractivity contribution in [2.45, 2.75) is 26.7 Å². The molecule has 0 fully saturated rings. The van der Waals surface area contributed by atoms with Crippen LogP contribution >= 0.6 is 0 Å². The van der Waals surface area contributed by atoms with E-state index in [1.54, 1.807) is 0 Å². The molecule has 1 aromatic rings. The summed E-state index contributed by atoms with van der Waals surface area (Å²) in [5, 5.41) is 3.83. The summed E-state index contributed by atoms with van der Waals surface area (Å²) in [4.78, 5) is 4.18. The molecule has 0 bridgehead atoms. The van der Waals surface area contributed by atoms with Gasteiger partial charge in [-0.25, -0.2) is 0 Å². The average Bonchev–Trinajstić information content (AvgIpc) is 2.36. The van der Waals surface area contributed by atoms with Crippen LogP contribution < -0.4 is 5.73 Å². The van der Waals surface area contributed by atoms with Crippen molar-refractivity contribution in [1.29, 1.82) is 0 Å². The monoisotopic (exact) mass is 169 g/mol. The first-order chi connectivity index (χ1) is 5.72. The molecule has 68 valence electrons. The number of nitrogens with two attached hydrogens (primary N) is 1. The zero-order chi connectivity index (χ0) is 8.97. The second kappa shape index (κ2) is 4.21. The molecule has 1 rings (SSSR count). The SMILES string of the molecule is CC(C)Cc1noc(CCN)n1. The van der Waals surface area contributed by atoms with E-state index in [0.29, 0.717) is 24.8 Å². The van der Waals surface area contributed by atoms with E-state index in [4.69, 9.17) is 10.3 Å². The maximum absolute atomic E-state index is 5.34. The molecule has 0 aromatic carbocycles. The Hall–Kier alpha value is -0.900. The number of rotatable bonds is 4. The Morgan fingerprint density at radius 3 is 2.83 bits per heavy atom. The van der Waals surface area contributed by atoms with Gasteiger partial charge in [-0.3, -0.25) is 0 Å². The number of hydrogen-bond donors (Lipinski definition) is 1. The Balaban J connectivity index is 2.52. The van der Waals surface area contributed by atoms with E-state index in [2.05, 4.69) is 24.0 Å². The topological polar surface area (TPSA) is 64.9 Å². The molecule has 0 aliphatic carbocycles. The van der Waals surface area contributed by atoms with Gasteiger partial charge in [0.25, 0.3) is 0 Å². The third-order valence-electron chi connectivity index (χ3n) is 1.46. The third kappa shape index (κ3) is 2.62. The standard InChI is InChI=1S/C8H15N3O/c1-6(2)5-7-10-8(3-4-9)12-11-7/h6H,3-5,9H2,1-2H3. The first kappa shape index (κ1) is 9.19. The van der Waals surface area contributed by atoms with Gasteiger partial charge in [0.15, 0.2) is 5.82 Å². The molecule has 0 radical (unpaired) electrons. The minimum atomic E-state index is 0.559. The maximum Gasteiger partial charge on any atom is 0.227 e. The van der Waals surface area contributed by atoms with Gasteiger partial charge in [-0.05, 0) is 5.92 Å². The van der Waals surface area contributed by atoms with E-state index >= 15 is 0 Å². The molecule has 0 amide bonds. The molecule has 1 aromatic heterocycles. The van der Waals surface area contributed by atoms with E-state index in [0.717, 1.165) is 12.2 Å². The number of hydrogen-bond acceptors (Lipinski definition) is 4. The highest BCUT2D eigenvalue weighted by molar-refractivity contribution is 4.87. The van der Waals surface area contributed by atoms with E-state index in [-0.39, 0.29) is 0 Å². The van der Waals surface area contributed by atoms with Crippen molar-refractivity contribution in [3.63, 3.8) is 0 Å². The molecule has 0 unspecified atom stereocenters. The molecular weight excluding hydrogens is 154 g/mol. The van der Waals surface area contributed by atoms with Crippen LogP contribution in [-0.4, -0.2) is 16.7 Å². The van der Waals surface area contributed by atoms with Gasteiger partial charge in [0, 0.05) is 19.4 Å². The fourth-order valence-corrected chi connectivity index (χ4v) is 0.963. The first-order valence-electron chi connectivity index (χ1n) is 4.24. The molecule has 2 N–H and O–H groups in total. The summed E-state index contributed by atoms with van der Waals surface area (Å²) in [5.74, 6) is 2.00. The minimum absolute atomic E-state index is 0.559. The summed E-state index contributed by atoms with van der Waals surface area (Å²) in [6.45, 7) is 4.81. The van der Waals surface area contributed by atoms with Crippen molar-refractivity contribution in [3.05, 3.63) is 11.7 Å². The molecule has 0 aliphatic heterocycles. The van der Waals surface area contributed by atoms with Gasteiger partial charge in [0.2, 0.25) is 5.89 Å². The largest absolute Gasteiger partial charge is 0.339 e. The van der Waals surface area contributed by atoms with E-state index in [1.165, 1.54) is 0 Å². The Kier molecular flexibility index (Phi) is 3.22. The molecular formula is C8H15N3O. The van der Waals surface area contributed by atoms with Crippen LogP contribution in [0.25, 0.3) is 0 Å². The fourth-order valence-electron chi connectivity index (χ4n) is 0.963.